The molecule has 1 saturated heterocycles. The standard InChI is InChI=1S/C18H26N4O4.ClH/c1-5-19-12(2)10-20-15(23)11-22-16(24)18(3,21-17(22)25)13-6-8-14(26-4)9-7-13;/h6-9,12,19H,5,10-11H2,1-4H3,(H,20,23)(H,21,25);1H/t12-,18?;/m1./s1. The molecule has 2 atom stereocenters. The van der Waals surface area contributed by atoms with Crippen molar-refractivity contribution >= 4 is 30.3 Å². The van der Waals surface area contributed by atoms with Gasteiger partial charge in [-0.1, -0.05) is 19.1 Å². The van der Waals surface area contributed by atoms with Crippen molar-refractivity contribution in [1.82, 2.24) is 20.9 Å². The number of likely N-dealkylation sites (N-methyl/N-ethyl adjacent to an activating group) is 1. The van der Waals surface area contributed by atoms with Crippen LogP contribution in [0.15, 0.2) is 24.3 Å². The van der Waals surface area contributed by atoms with Crippen molar-refractivity contribution in [3.05, 3.63) is 29.8 Å². The fourth-order valence-electron chi connectivity index (χ4n) is 2.85. The number of hydrogen-bond acceptors (Lipinski definition) is 5. The number of halogens is 1. The van der Waals surface area contributed by atoms with Gasteiger partial charge in [0.2, 0.25) is 5.91 Å². The molecule has 27 heavy (non-hydrogen) atoms. The van der Waals surface area contributed by atoms with Crippen LogP contribution in [0.2, 0.25) is 0 Å². The van der Waals surface area contributed by atoms with E-state index in [-0.39, 0.29) is 30.9 Å². The zero-order valence-corrected chi connectivity index (χ0v) is 16.8. The normalized spacial score (nSPS) is 19.9. The molecular formula is C18H27ClN4O4. The van der Waals surface area contributed by atoms with Crippen molar-refractivity contribution in [2.24, 2.45) is 0 Å². The Hall–Kier alpha value is -2.32. The van der Waals surface area contributed by atoms with Crippen LogP contribution in [-0.2, 0) is 15.1 Å². The fraction of sp³-hybridized carbons (Fsp3) is 0.500. The van der Waals surface area contributed by atoms with Crippen LogP contribution < -0.4 is 20.7 Å². The Bertz CT molecular complexity index is 682. The van der Waals surface area contributed by atoms with Crippen LogP contribution in [0.25, 0.3) is 0 Å². The Morgan fingerprint density at radius 3 is 2.48 bits per heavy atom. The highest BCUT2D eigenvalue weighted by atomic mass is 35.5. The number of carbonyl (C=O) groups is 3. The SMILES string of the molecule is CCN[C@H](C)CNC(=O)CN1C(=O)NC(C)(c2ccc(OC)cc2)C1=O.Cl. The summed E-state index contributed by atoms with van der Waals surface area (Å²) < 4.78 is 5.11. The lowest BCUT2D eigenvalue weighted by Crippen LogP contribution is -2.45. The minimum absolute atomic E-state index is 0. The van der Waals surface area contributed by atoms with E-state index in [4.69, 9.17) is 4.74 Å². The van der Waals surface area contributed by atoms with Crippen LogP contribution in [0.4, 0.5) is 4.79 Å². The van der Waals surface area contributed by atoms with E-state index in [0.717, 1.165) is 11.4 Å². The minimum atomic E-state index is -1.21. The largest absolute Gasteiger partial charge is 0.497 e. The van der Waals surface area contributed by atoms with E-state index in [9.17, 15) is 14.4 Å². The Morgan fingerprint density at radius 1 is 1.30 bits per heavy atom. The van der Waals surface area contributed by atoms with Crippen LogP contribution in [0.3, 0.4) is 0 Å². The van der Waals surface area contributed by atoms with Gasteiger partial charge in [0.15, 0.2) is 0 Å². The van der Waals surface area contributed by atoms with Crippen LogP contribution in [0.1, 0.15) is 26.3 Å². The zero-order chi connectivity index (χ0) is 19.3. The Labute approximate surface area is 165 Å². The van der Waals surface area contributed by atoms with E-state index < -0.39 is 17.5 Å². The molecule has 0 spiro atoms. The maximum absolute atomic E-state index is 12.8. The lowest BCUT2D eigenvalue weighted by Gasteiger charge is -2.22. The molecule has 0 saturated carbocycles. The number of hydrogen-bond donors (Lipinski definition) is 3. The van der Waals surface area contributed by atoms with Gasteiger partial charge in [-0.2, -0.15) is 0 Å². The summed E-state index contributed by atoms with van der Waals surface area (Å²) in [6.07, 6.45) is 0. The molecule has 2 rings (SSSR count). The lowest BCUT2D eigenvalue weighted by atomic mass is 9.92. The molecular weight excluding hydrogens is 372 g/mol. The average Bonchev–Trinajstić information content (AvgIpc) is 2.84. The summed E-state index contributed by atoms with van der Waals surface area (Å²) in [5.74, 6) is -0.181. The lowest BCUT2D eigenvalue weighted by molar-refractivity contribution is -0.134. The maximum Gasteiger partial charge on any atom is 0.325 e. The second-order valence-electron chi connectivity index (χ2n) is 6.44. The second kappa shape index (κ2) is 9.57. The second-order valence-corrected chi connectivity index (χ2v) is 6.44. The van der Waals surface area contributed by atoms with Crippen molar-refractivity contribution in [3.8, 4) is 5.75 Å². The number of rotatable bonds is 8. The van der Waals surface area contributed by atoms with Crippen molar-refractivity contribution in [2.75, 3.05) is 26.7 Å². The van der Waals surface area contributed by atoms with Gasteiger partial charge in [-0.25, -0.2) is 4.79 Å². The number of ether oxygens (including phenoxy) is 1. The number of amides is 4. The first-order valence-electron chi connectivity index (χ1n) is 8.60. The van der Waals surface area contributed by atoms with E-state index >= 15 is 0 Å². The molecule has 9 heteroatoms. The smallest absolute Gasteiger partial charge is 0.325 e. The third-order valence-corrected chi connectivity index (χ3v) is 4.40. The summed E-state index contributed by atoms with van der Waals surface area (Å²) in [4.78, 5) is 38.1. The summed E-state index contributed by atoms with van der Waals surface area (Å²) >= 11 is 0. The van der Waals surface area contributed by atoms with E-state index in [1.165, 1.54) is 0 Å². The molecule has 1 aliphatic rings. The van der Waals surface area contributed by atoms with Gasteiger partial charge in [0.05, 0.1) is 7.11 Å². The summed E-state index contributed by atoms with van der Waals surface area (Å²) in [6.45, 7) is 6.45. The number of benzene rings is 1. The highest BCUT2D eigenvalue weighted by Gasteiger charge is 2.49. The Balaban J connectivity index is 0.00000364. The van der Waals surface area contributed by atoms with Gasteiger partial charge >= 0.3 is 6.03 Å². The molecule has 150 valence electrons. The topological polar surface area (TPSA) is 99.8 Å². The monoisotopic (exact) mass is 398 g/mol. The summed E-state index contributed by atoms with van der Waals surface area (Å²) in [5, 5.41) is 8.58. The quantitative estimate of drug-likeness (QED) is 0.567. The molecule has 1 unspecified atom stereocenters. The van der Waals surface area contributed by atoms with Gasteiger partial charge < -0.3 is 20.7 Å². The fourth-order valence-corrected chi connectivity index (χ4v) is 2.85. The van der Waals surface area contributed by atoms with Crippen molar-refractivity contribution in [1.29, 1.82) is 0 Å². The van der Waals surface area contributed by atoms with Crippen molar-refractivity contribution in [3.63, 3.8) is 0 Å². The number of urea groups is 1. The molecule has 0 radical (unpaired) electrons. The predicted molar refractivity (Wildman–Crippen MR) is 104 cm³/mol. The van der Waals surface area contributed by atoms with E-state index in [1.807, 2.05) is 13.8 Å². The maximum atomic E-state index is 12.8. The summed E-state index contributed by atoms with van der Waals surface area (Å²) in [5.41, 5.74) is -0.582. The first kappa shape index (κ1) is 22.7. The molecule has 0 bridgehead atoms. The molecule has 1 aromatic rings. The zero-order valence-electron chi connectivity index (χ0n) is 16.0. The van der Waals surface area contributed by atoms with Crippen LogP contribution in [0.5, 0.6) is 5.75 Å². The minimum Gasteiger partial charge on any atom is -0.497 e. The van der Waals surface area contributed by atoms with E-state index in [0.29, 0.717) is 17.9 Å². The van der Waals surface area contributed by atoms with Crippen LogP contribution in [0, 0.1) is 0 Å². The Morgan fingerprint density at radius 2 is 1.93 bits per heavy atom. The molecule has 1 fully saturated rings. The van der Waals surface area contributed by atoms with Gasteiger partial charge in [-0.05, 0) is 38.1 Å². The van der Waals surface area contributed by atoms with Gasteiger partial charge in [-0.15, -0.1) is 12.4 Å². The van der Waals surface area contributed by atoms with Crippen molar-refractivity contribution in [2.45, 2.75) is 32.4 Å². The molecule has 1 aliphatic heterocycles. The molecule has 1 aromatic carbocycles. The molecule has 3 N–H and O–H groups in total. The third kappa shape index (κ3) is 5.11. The van der Waals surface area contributed by atoms with Gasteiger partial charge in [0.1, 0.15) is 17.8 Å². The first-order valence-corrected chi connectivity index (χ1v) is 8.60. The predicted octanol–water partition coefficient (Wildman–Crippen LogP) is 0.998. The number of methoxy groups -OCH3 is 1. The highest BCUT2D eigenvalue weighted by molar-refractivity contribution is 6.09. The summed E-state index contributed by atoms with van der Waals surface area (Å²) in [6, 6.07) is 6.41. The highest BCUT2D eigenvalue weighted by Crippen LogP contribution is 2.29. The van der Waals surface area contributed by atoms with E-state index in [2.05, 4.69) is 16.0 Å². The first-order chi connectivity index (χ1) is 12.3. The van der Waals surface area contributed by atoms with Crippen molar-refractivity contribution < 1.29 is 19.1 Å². The van der Waals surface area contributed by atoms with Crippen LogP contribution in [-0.4, -0.2) is 55.5 Å². The third-order valence-electron chi connectivity index (χ3n) is 4.40. The number of nitrogens with one attached hydrogen (secondary N) is 3. The Kier molecular flexibility index (Phi) is 8.05. The molecule has 0 aliphatic carbocycles. The number of nitrogens with zero attached hydrogens (tertiary/aromatic N) is 1. The molecule has 8 nitrogen and oxygen atoms in total. The van der Waals surface area contributed by atoms with Crippen LogP contribution >= 0.6 is 12.4 Å². The van der Waals surface area contributed by atoms with Gasteiger partial charge in [0, 0.05) is 12.6 Å². The average molecular weight is 399 g/mol. The van der Waals surface area contributed by atoms with Gasteiger partial charge in [0.25, 0.3) is 5.91 Å². The number of carbonyl (C=O) groups excluding carboxylic acids is 3. The van der Waals surface area contributed by atoms with Gasteiger partial charge in [-0.3, -0.25) is 14.5 Å². The number of imide groups is 1. The molecule has 0 aromatic heterocycles. The summed E-state index contributed by atoms with van der Waals surface area (Å²) in [7, 11) is 1.55. The molecule has 4 amide bonds. The molecule has 1 heterocycles. The van der Waals surface area contributed by atoms with E-state index in [1.54, 1.807) is 38.3 Å².